The predicted octanol–water partition coefficient (Wildman–Crippen LogP) is 1.98. The van der Waals surface area contributed by atoms with Crippen LogP contribution < -0.4 is 10.7 Å². The molecular formula is C17H21NO4. The molecule has 1 saturated heterocycles. The van der Waals surface area contributed by atoms with Crippen LogP contribution in [0.25, 0.3) is 0 Å². The van der Waals surface area contributed by atoms with E-state index in [9.17, 15) is 9.59 Å². The fourth-order valence-electron chi connectivity index (χ4n) is 3.91. The van der Waals surface area contributed by atoms with Crippen LogP contribution in [0.4, 0.5) is 0 Å². The Morgan fingerprint density at radius 2 is 1.77 bits per heavy atom. The molecule has 0 aromatic heterocycles. The second-order valence-corrected chi connectivity index (χ2v) is 6.42. The third-order valence-corrected chi connectivity index (χ3v) is 5.06. The highest BCUT2D eigenvalue weighted by Gasteiger charge is 2.53. The van der Waals surface area contributed by atoms with Gasteiger partial charge >= 0.3 is 0 Å². The van der Waals surface area contributed by atoms with Crippen molar-refractivity contribution in [3.8, 4) is 5.75 Å². The van der Waals surface area contributed by atoms with Gasteiger partial charge in [-0.15, -0.1) is 0 Å². The van der Waals surface area contributed by atoms with Gasteiger partial charge in [0.15, 0.2) is 5.78 Å². The Hall–Kier alpha value is -1.72. The van der Waals surface area contributed by atoms with E-state index < -0.39 is 11.3 Å². The molecule has 1 unspecified atom stereocenters. The summed E-state index contributed by atoms with van der Waals surface area (Å²) >= 11 is 0. The van der Waals surface area contributed by atoms with Crippen LogP contribution in [0.2, 0.25) is 0 Å². The van der Waals surface area contributed by atoms with Gasteiger partial charge in [0.1, 0.15) is 17.5 Å². The highest BCUT2D eigenvalue weighted by atomic mass is 16.6. The molecule has 1 aromatic rings. The number of hydrogen-bond acceptors (Lipinski definition) is 5. The Kier molecular flexibility index (Phi) is 3.78. The van der Waals surface area contributed by atoms with Crippen LogP contribution in [-0.2, 0) is 14.3 Å². The number of nitrogens with two attached hydrogens (primary N) is 1. The quantitative estimate of drug-likeness (QED) is 0.667. The zero-order chi connectivity index (χ0) is 15.9. The average Bonchev–Trinajstić information content (AvgIpc) is 2.71. The fraction of sp³-hybridized carbons (Fsp3) is 0.529. The van der Waals surface area contributed by atoms with Crippen molar-refractivity contribution in [1.29, 1.82) is 0 Å². The highest BCUT2D eigenvalue weighted by Crippen LogP contribution is 2.48. The highest BCUT2D eigenvalue weighted by molar-refractivity contribution is 6.16. The van der Waals surface area contributed by atoms with E-state index in [2.05, 4.69) is 0 Å². The molecule has 5 nitrogen and oxygen atoms in total. The summed E-state index contributed by atoms with van der Waals surface area (Å²) in [6.45, 7) is 4.90. The van der Waals surface area contributed by atoms with Crippen LogP contribution in [0.3, 0.4) is 0 Å². The number of carbonyl (C=O) groups is 2. The lowest BCUT2D eigenvalue weighted by Gasteiger charge is -2.31. The monoisotopic (exact) mass is 303 g/mol. The molecule has 1 atom stereocenters. The number of hydrogen-bond donors (Lipinski definition) is 1. The van der Waals surface area contributed by atoms with Gasteiger partial charge in [0.05, 0.1) is 0 Å². The second kappa shape index (κ2) is 5.48. The molecule has 1 aliphatic heterocycles. The molecule has 5 heteroatoms. The molecule has 0 amide bonds. The molecule has 2 fully saturated rings. The second-order valence-electron chi connectivity index (χ2n) is 6.42. The Morgan fingerprint density at radius 3 is 2.32 bits per heavy atom. The smallest absolute Gasteiger partial charge is 0.154 e. The minimum Gasteiger partial charge on any atom is -0.412 e. The average molecular weight is 303 g/mol. The maximum atomic E-state index is 13.0. The fourth-order valence-corrected chi connectivity index (χ4v) is 3.91. The van der Waals surface area contributed by atoms with Crippen molar-refractivity contribution in [2.24, 2.45) is 11.3 Å². The van der Waals surface area contributed by atoms with Gasteiger partial charge in [-0.1, -0.05) is 0 Å². The standard InChI is InChI=1S/C17H21NO4/c1-10-7-12(22-18)8-11(2)14(10)15-13(19)9-17(16(15)20)3-5-21-6-4-17/h7-8,15H,3-6,9,18H2,1-2H3. The Labute approximate surface area is 129 Å². The van der Waals surface area contributed by atoms with Crippen molar-refractivity contribution in [2.45, 2.75) is 39.0 Å². The minimum atomic E-state index is -0.648. The maximum absolute atomic E-state index is 13.0. The van der Waals surface area contributed by atoms with E-state index >= 15 is 0 Å². The third kappa shape index (κ3) is 2.25. The zero-order valence-corrected chi connectivity index (χ0v) is 13.0. The van der Waals surface area contributed by atoms with Gasteiger partial charge in [0.2, 0.25) is 0 Å². The summed E-state index contributed by atoms with van der Waals surface area (Å²) in [5, 5.41) is 0. The lowest BCUT2D eigenvalue weighted by atomic mass is 9.76. The lowest BCUT2D eigenvalue weighted by molar-refractivity contribution is -0.131. The first-order valence-corrected chi connectivity index (χ1v) is 7.61. The van der Waals surface area contributed by atoms with E-state index in [1.165, 1.54) is 0 Å². The van der Waals surface area contributed by atoms with Gasteiger partial charge in [-0.25, -0.2) is 0 Å². The van der Waals surface area contributed by atoms with E-state index in [1.807, 2.05) is 13.8 Å². The first-order chi connectivity index (χ1) is 10.5. The Balaban J connectivity index is 2.02. The normalized spacial score (nSPS) is 24.0. The minimum absolute atomic E-state index is 0.0273. The van der Waals surface area contributed by atoms with Gasteiger partial charge in [0.25, 0.3) is 0 Å². The molecule has 1 aliphatic carbocycles. The number of Topliss-reactive ketones (excluding diaryl/α,β-unsaturated/α-hetero) is 2. The molecule has 118 valence electrons. The van der Waals surface area contributed by atoms with E-state index in [4.69, 9.17) is 15.5 Å². The summed E-state index contributed by atoms with van der Waals surface area (Å²) in [7, 11) is 0. The van der Waals surface area contributed by atoms with Gasteiger partial charge in [-0.2, -0.15) is 5.90 Å². The molecule has 1 saturated carbocycles. The van der Waals surface area contributed by atoms with Crippen molar-refractivity contribution < 1.29 is 19.2 Å². The summed E-state index contributed by atoms with van der Waals surface area (Å²) in [5.74, 6) is 5.19. The SMILES string of the molecule is Cc1cc(ON)cc(C)c1C1C(=O)CC2(CCOCC2)C1=O. The van der Waals surface area contributed by atoms with Crippen molar-refractivity contribution in [1.82, 2.24) is 0 Å². The van der Waals surface area contributed by atoms with Crippen molar-refractivity contribution in [2.75, 3.05) is 13.2 Å². The molecule has 2 N–H and O–H groups in total. The summed E-state index contributed by atoms with van der Waals surface area (Å²) < 4.78 is 5.36. The number of carbonyl (C=O) groups excluding carboxylic acids is 2. The van der Waals surface area contributed by atoms with Gasteiger partial charge < -0.3 is 9.57 Å². The molecule has 2 aliphatic rings. The van der Waals surface area contributed by atoms with Gasteiger partial charge in [-0.3, -0.25) is 9.59 Å². The summed E-state index contributed by atoms with van der Waals surface area (Å²) in [5.41, 5.74) is 2.05. The van der Waals surface area contributed by atoms with Gasteiger partial charge in [-0.05, 0) is 55.5 Å². The molecule has 1 spiro atoms. The number of ketones is 2. The molecule has 1 heterocycles. The molecule has 0 radical (unpaired) electrons. The van der Waals surface area contributed by atoms with E-state index in [0.29, 0.717) is 38.2 Å². The van der Waals surface area contributed by atoms with Crippen LogP contribution in [-0.4, -0.2) is 24.8 Å². The number of benzene rings is 1. The number of rotatable bonds is 2. The first-order valence-electron chi connectivity index (χ1n) is 7.61. The Morgan fingerprint density at radius 1 is 1.18 bits per heavy atom. The lowest BCUT2D eigenvalue weighted by Crippen LogP contribution is -2.34. The van der Waals surface area contributed by atoms with Crippen molar-refractivity contribution in [3.63, 3.8) is 0 Å². The van der Waals surface area contributed by atoms with Crippen LogP contribution in [0.1, 0.15) is 41.9 Å². The Bertz CT molecular complexity index is 609. The van der Waals surface area contributed by atoms with Gasteiger partial charge in [0, 0.05) is 25.0 Å². The molecule has 3 rings (SSSR count). The van der Waals surface area contributed by atoms with E-state index in [0.717, 1.165) is 16.7 Å². The zero-order valence-electron chi connectivity index (χ0n) is 13.0. The van der Waals surface area contributed by atoms with Crippen LogP contribution in [0.15, 0.2) is 12.1 Å². The van der Waals surface area contributed by atoms with Crippen LogP contribution in [0, 0.1) is 19.3 Å². The number of aryl methyl sites for hydroxylation is 2. The maximum Gasteiger partial charge on any atom is 0.154 e. The third-order valence-electron chi connectivity index (χ3n) is 5.06. The summed E-state index contributed by atoms with van der Waals surface area (Å²) in [6, 6.07) is 3.55. The largest absolute Gasteiger partial charge is 0.412 e. The first kappa shape index (κ1) is 15.2. The topological polar surface area (TPSA) is 78.6 Å². The molecule has 0 bridgehead atoms. The van der Waals surface area contributed by atoms with E-state index in [1.54, 1.807) is 12.1 Å². The van der Waals surface area contributed by atoms with Crippen molar-refractivity contribution >= 4 is 11.6 Å². The summed E-state index contributed by atoms with van der Waals surface area (Å²) in [4.78, 5) is 30.4. The summed E-state index contributed by atoms with van der Waals surface area (Å²) in [6.07, 6.45) is 1.64. The molecule has 22 heavy (non-hydrogen) atoms. The predicted molar refractivity (Wildman–Crippen MR) is 80.6 cm³/mol. The van der Waals surface area contributed by atoms with Crippen LogP contribution in [0.5, 0.6) is 5.75 Å². The molecular weight excluding hydrogens is 282 g/mol. The van der Waals surface area contributed by atoms with E-state index in [-0.39, 0.29) is 11.6 Å². The molecule has 1 aromatic carbocycles. The van der Waals surface area contributed by atoms with Crippen molar-refractivity contribution in [3.05, 3.63) is 28.8 Å². The number of ether oxygens (including phenoxy) is 1. The van der Waals surface area contributed by atoms with Crippen LogP contribution >= 0.6 is 0 Å².